The molecule has 0 saturated carbocycles. The molecule has 1 aliphatic rings. The lowest BCUT2D eigenvalue weighted by molar-refractivity contribution is -0.120. The molecule has 0 aromatic carbocycles. The van der Waals surface area contributed by atoms with E-state index in [2.05, 4.69) is 11.9 Å². The van der Waals surface area contributed by atoms with Crippen LogP contribution in [0.5, 0.6) is 0 Å². The number of guanidine groups is 1. The Morgan fingerprint density at radius 3 is 2.48 bits per heavy atom. The van der Waals surface area contributed by atoms with Crippen molar-refractivity contribution in [3.05, 3.63) is 12.3 Å². The Morgan fingerprint density at radius 1 is 1.19 bits per heavy atom. The second-order valence-corrected chi connectivity index (χ2v) is 5.45. The summed E-state index contributed by atoms with van der Waals surface area (Å²) >= 11 is 0. The van der Waals surface area contributed by atoms with Gasteiger partial charge in [0, 0.05) is 17.5 Å². The van der Waals surface area contributed by atoms with Gasteiger partial charge in [-0.15, -0.1) is 0 Å². The molecule has 0 unspecified atom stereocenters. The van der Waals surface area contributed by atoms with Crippen LogP contribution in [0.1, 0.15) is 61.9 Å². The molecular weight excluding hydrogens is 266 g/mol. The van der Waals surface area contributed by atoms with Crippen LogP contribution in [0.15, 0.2) is 12.3 Å². The highest BCUT2D eigenvalue weighted by atomic mass is 16.5. The molecule has 1 fully saturated rings. The Bertz CT molecular complexity index is 439. The largest absolute Gasteiger partial charge is 0.497 e. The van der Waals surface area contributed by atoms with Crippen molar-refractivity contribution in [3.63, 3.8) is 0 Å². The van der Waals surface area contributed by atoms with Crippen molar-refractivity contribution in [3.8, 4) is 0 Å². The van der Waals surface area contributed by atoms with Gasteiger partial charge in [0.25, 0.3) is 0 Å². The molecule has 21 heavy (non-hydrogen) atoms. The summed E-state index contributed by atoms with van der Waals surface area (Å²) in [7, 11) is 0. The Balaban J connectivity index is 2.69. The van der Waals surface area contributed by atoms with E-state index in [9.17, 15) is 4.79 Å². The molecule has 0 aromatic heterocycles. The SMILES string of the molecule is [2H]C([2H])([2H])N1CC(=C)OCCCCCCCCCCC(=O)NC1=N. The topological polar surface area (TPSA) is 65.4 Å². The molecule has 1 rings (SSSR count). The lowest BCUT2D eigenvalue weighted by atomic mass is 10.1. The van der Waals surface area contributed by atoms with Crippen LogP contribution in [0.2, 0.25) is 0 Å². The first-order valence-corrected chi connectivity index (χ1v) is 7.77. The molecule has 120 valence electrons. The average Bonchev–Trinajstić information content (AvgIpc) is 2.48. The minimum Gasteiger partial charge on any atom is -0.497 e. The molecule has 1 amide bonds. The van der Waals surface area contributed by atoms with E-state index >= 15 is 0 Å². The fraction of sp³-hybridized carbons (Fsp3) is 0.750. The van der Waals surface area contributed by atoms with Crippen LogP contribution < -0.4 is 5.32 Å². The zero-order valence-electron chi connectivity index (χ0n) is 15.7. The minimum absolute atomic E-state index is 0.143. The standard InChI is InChI=1S/C16H29N3O2/c1-14-13-19(2)16(17)18-15(20)11-9-7-5-3-4-6-8-10-12-21-14/h1,3-13H2,2H3,(H2,17,18,20)/i2D3. The maximum Gasteiger partial charge on any atom is 0.226 e. The van der Waals surface area contributed by atoms with E-state index in [1.807, 2.05) is 0 Å². The Labute approximate surface area is 132 Å². The molecule has 0 aliphatic carbocycles. The Hall–Kier alpha value is -1.52. The number of nitrogens with one attached hydrogen (secondary N) is 2. The average molecular weight is 298 g/mol. The third-order valence-electron chi connectivity index (χ3n) is 3.47. The molecule has 0 bridgehead atoms. The summed E-state index contributed by atoms with van der Waals surface area (Å²) in [5, 5.41) is 10.3. The highest BCUT2D eigenvalue weighted by Gasteiger charge is 2.10. The summed E-state index contributed by atoms with van der Waals surface area (Å²) in [6.45, 7) is 1.53. The zero-order chi connectivity index (χ0) is 18.0. The van der Waals surface area contributed by atoms with Crippen LogP contribution >= 0.6 is 0 Å². The fourth-order valence-electron chi connectivity index (χ4n) is 2.23. The van der Waals surface area contributed by atoms with Gasteiger partial charge in [0.15, 0.2) is 5.96 Å². The van der Waals surface area contributed by atoms with Gasteiger partial charge in [0.1, 0.15) is 5.76 Å². The van der Waals surface area contributed by atoms with Crippen LogP contribution in [0.25, 0.3) is 0 Å². The van der Waals surface area contributed by atoms with E-state index in [0.29, 0.717) is 13.0 Å². The molecule has 1 saturated heterocycles. The molecule has 0 aromatic rings. The van der Waals surface area contributed by atoms with Crippen LogP contribution in [0, 0.1) is 5.41 Å². The number of nitrogens with zero attached hydrogens (tertiary/aromatic N) is 1. The summed E-state index contributed by atoms with van der Waals surface area (Å²) < 4.78 is 28.1. The second kappa shape index (κ2) is 10.2. The van der Waals surface area contributed by atoms with Crippen molar-refractivity contribution >= 4 is 11.9 Å². The van der Waals surface area contributed by atoms with Crippen molar-refractivity contribution < 1.29 is 13.6 Å². The van der Waals surface area contributed by atoms with Gasteiger partial charge in [0.2, 0.25) is 5.91 Å². The third-order valence-corrected chi connectivity index (χ3v) is 3.47. The minimum atomic E-state index is -2.54. The van der Waals surface area contributed by atoms with Gasteiger partial charge in [-0.2, -0.15) is 0 Å². The molecule has 5 nitrogen and oxygen atoms in total. The van der Waals surface area contributed by atoms with Gasteiger partial charge in [0.05, 0.1) is 13.2 Å². The molecule has 1 aliphatic heterocycles. The predicted octanol–water partition coefficient (Wildman–Crippen LogP) is 3.02. The van der Waals surface area contributed by atoms with Crippen LogP contribution in [-0.4, -0.2) is 36.9 Å². The highest BCUT2D eigenvalue weighted by molar-refractivity contribution is 5.95. The number of likely N-dealkylation sites (N-methyl/N-ethyl adjacent to an activating group) is 1. The zero-order valence-corrected chi connectivity index (χ0v) is 12.7. The number of carbonyl (C=O) groups is 1. The molecule has 0 atom stereocenters. The first kappa shape index (κ1) is 13.2. The van der Waals surface area contributed by atoms with Crippen molar-refractivity contribution in [1.82, 2.24) is 10.2 Å². The van der Waals surface area contributed by atoms with Gasteiger partial charge in [-0.25, -0.2) is 0 Å². The smallest absolute Gasteiger partial charge is 0.226 e. The highest BCUT2D eigenvalue weighted by Crippen LogP contribution is 2.10. The molecule has 2 N–H and O–H groups in total. The van der Waals surface area contributed by atoms with Crippen molar-refractivity contribution in [2.45, 2.75) is 57.8 Å². The van der Waals surface area contributed by atoms with E-state index in [0.717, 1.165) is 49.8 Å². The third kappa shape index (κ3) is 8.38. The lowest BCUT2D eigenvalue weighted by Gasteiger charge is -2.21. The van der Waals surface area contributed by atoms with Gasteiger partial charge in [-0.1, -0.05) is 45.1 Å². The van der Waals surface area contributed by atoms with Crippen LogP contribution in [-0.2, 0) is 9.53 Å². The van der Waals surface area contributed by atoms with Gasteiger partial charge < -0.3 is 9.64 Å². The summed E-state index contributed by atoms with van der Waals surface area (Å²) in [5.41, 5.74) is 0. The van der Waals surface area contributed by atoms with Crippen LogP contribution in [0.4, 0.5) is 0 Å². The monoisotopic (exact) mass is 298 g/mol. The number of carbonyl (C=O) groups excluding carboxylic acids is 1. The maximum atomic E-state index is 11.9. The van der Waals surface area contributed by atoms with E-state index < -0.39 is 12.9 Å². The summed E-state index contributed by atoms with van der Waals surface area (Å²) in [6, 6.07) is 0. The van der Waals surface area contributed by atoms with E-state index in [1.54, 1.807) is 0 Å². The van der Waals surface area contributed by atoms with E-state index in [4.69, 9.17) is 14.3 Å². The molecule has 0 radical (unpaired) electrons. The summed E-state index contributed by atoms with van der Waals surface area (Å²) in [4.78, 5) is 12.7. The predicted molar refractivity (Wildman–Crippen MR) is 85.1 cm³/mol. The quantitative estimate of drug-likeness (QED) is 0.722. The fourth-order valence-corrected chi connectivity index (χ4v) is 2.23. The first-order chi connectivity index (χ1) is 11.3. The maximum absolute atomic E-state index is 11.9. The van der Waals surface area contributed by atoms with Gasteiger partial charge in [-0.3, -0.25) is 15.5 Å². The van der Waals surface area contributed by atoms with Crippen LogP contribution in [0.3, 0.4) is 0 Å². The van der Waals surface area contributed by atoms with E-state index in [1.165, 1.54) is 6.42 Å². The van der Waals surface area contributed by atoms with Gasteiger partial charge in [-0.05, 0) is 12.8 Å². The molecule has 1 heterocycles. The summed E-state index contributed by atoms with van der Waals surface area (Å²) in [6.07, 6.45) is 8.61. The first-order valence-electron chi connectivity index (χ1n) is 9.27. The number of ether oxygens (including phenoxy) is 1. The number of hydrogen-bond donors (Lipinski definition) is 2. The van der Waals surface area contributed by atoms with Gasteiger partial charge >= 0.3 is 0 Å². The normalized spacial score (nSPS) is 24.1. The number of hydrogen-bond acceptors (Lipinski definition) is 3. The van der Waals surface area contributed by atoms with Crippen molar-refractivity contribution in [1.29, 1.82) is 5.41 Å². The summed E-state index contributed by atoms with van der Waals surface area (Å²) in [5.74, 6) is -0.478. The Kier molecular flexibility index (Phi) is 6.42. The van der Waals surface area contributed by atoms with Crippen molar-refractivity contribution in [2.24, 2.45) is 0 Å². The number of rotatable bonds is 0. The molecule has 5 heteroatoms. The Morgan fingerprint density at radius 2 is 1.81 bits per heavy atom. The number of amides is 1. The lowest BCUT2D eigenvalue weighted by Crippen LogP contribution is -2.42. The second-order valence-electron chi connectivity index (χ2n) is 5.45. The molecule has 0 spiro atoms. The molecular formula is C16H29N3O2. The van der Waals surface area contributed by atoms with E-state index in [-0.39, 0.29) is 18.2 Å². The van der Waals surface area contributed by atoms with Crippen molar-refractivity contribution in [2.75, 3.05) is 20.1 Å².